The molecule has 3 heteroatoms. The van der Waals surface area contributed by atoms with Gasteiger partial charge >= 0.3 is 0 Å². The van der Waals surface area contributed by atoms with Crippen molar-refractivity contribution >= 4 is 0 Å². The van der Waals surface area contributed by atoms with Crippen LogP contribution in [0.25, 0.3) is 33.6 Å². The first-order chi connectivity index (χ1) is 13.2. The average molecular weight is 353 g/mol. The van der Waals surface area contributed by atoms with E-state index >= 15 is 0 Å². The van der Waals surface area contributed by atoms with Crippen LogP contribution < -0.4 is 4.74 Å². The number of pyridine rings is 1. The highest BCUT2D eigenvalue weighted by molar-refractivity contribution is 5.83. The minimum absolute atomic E-state index is 0.240. The number of phenols is 1. The molecule has 0 fully saturated rings. The van der Waals surface area contributed by atoms with Gasteiger partial charge in [-0.3, -0.25) is 0 Å². The molecule has 0 aliphatic carbocycles. The second-order valence-corrected chi connectivity index (χ2v) is 6.23. The van der Waals surface area contributed by atoms with E-state index in [4.69, 9.17) is 9.72 Å². The molecule has 0 spiro atoms. The van der Waals surface area contributed by atoms with Gasteiger partial charge in [-0.15, -0.1) is 0 Å². The number of hydrogen-bond donors (Lipinski definition) is 1. The van der Waals surface area contributed by atoms with Gasteiger partial charge in [0.25, 0.3) is 0 Å². The second-order valence-electron chi connectivity index (χ2n) is 6.23. The number of methoxy groups -OCH3 is 1. The quantitative estimate of drug-likeness (QED) is 0.504. The van der Waals surface area contributed by atoms with Crippen LogP contribution in [0.1, 0.15) is 0 Å². The lowest BCUT2D eigenvalue weighted by molar-refractivity contribution is 0.415. The Labute approximate surface area is 158 Å². The molecule has 0 atom stereocenters. The number of aromatic hydroxyl groups is 1. The fourth-order valence-corrected chi connectivity index (χ4v) is 3.07. The van der Waals surface area contributed by atoms with Crippen LogP contribution in [0, 0.1) is 0 Å². The van der Waals surface area contributed by atoms with E-state index < -0.39 is 0 Å². The van der Waals surface area contributed by atoms with Crippen molar-refractivity contribution in [3.05, 3.63) is 91.0 Å². The molecule has 1 aromatic heterocycles. The molecule has 3 aromatic carbocycles. The SMILES string of the molecule is COc1ccc(-c2ccc(-c3ccccc3)nc2-c2ccc(O)cc2)cc1. The van der Waals surface area contributed by atoms with Gasteiger partial charge in [-0.05, 0) is 48.0 Å². The third kappa shape index (κ3) is 3.53. The van der Waals surface area contributed by atoms with Gasteiger partial charge in [0.1, 0.15) is 11.5 Å². The molecule has 0 aliphatic heterocycles. The number of aromatic nitrogens is 1. The van der Waals surface area contributed by atoms with Crippen molar-refractivity contribution in [2.45, 2.75) is 0 Å². The summed E-state index contributed by atoms with van der Waals surface area (Å²) in [6, 6.07) is 29.3. The van der Waals surface area contributed by atoms with E-state index in [1.807, 2.05) is 60.7 Å². The van der Waals surface area contributed by atoms with E-state index in [-0.39, 0.29) is 5.75 Å². The van der Waals surface area contributed by atoms with Crippen LogP contribution in [0.5, 0.6) is 11.5 Å². The molecular weight excluding hydrogens is 334 g/mol. The summed E-state index contributed by atoms with van der Waals surface area (Å²) >= 11 is 0. The number of hydrogen-bond acceptors (Lipinski definition) is 3. The Balaban J connectivity index is 1.88. The zero-order valence-corrected chi connectivity index (χ0v) is 15.0. The smallest absolute Gasteiger partial charge is 0.118 e. The standard InChI is InChI=1S/C24H19NO2/c1-27-21-13-9-17(10-14-21)22-15-16-23(18-5-3-2-4-6-18)25-24(22)19-7-11-20(26)12-8-19/h2-16,26H,1H3. The lowest BCUT2D eigenvalue weighted by Gasteiger charge is -2.12. The molecule has 0 aliphatic rings. The fourth-order valence-electron chi connectivity index (χ4n) is 3.07. The van der Waals surface area contributed by atoms with E-state index in [2.05, 4.69) is 18.2 Å². The predicted octanol–water partition coefficient (Wildman–Crippen LogP) is 5.80. The van der Waals surface area contributed by atoms with Crippen LogP contribution in [0.2, 0.25) is 0 Å². The van der Waals surface area contributed by atoms with Gasteiger partial charge in [-0.1, -0.05) is 48.5 Å². The number of rotatable bonds is 4. The van der Waals surface area contributed by atoms with E-state index in [0.29, 0.717) is 0 Å². The summed E-state index contributed by atoms with van der Waals surface area (Å²) in [6.07, 6.45) is 0. The molecule has 4 rings (SSSR count). The normalized spacial score (nSPS) is 10.6. The minimum atomic E-state index is 0.240. The molecule has 1 heterocycles. The van der Waals surface area contributed by atoms with Crippen LogP contribution in [-0.2, 0) is 0 Å². The molecule has 0 unspecified atom stereocenters. The lowest BCUT2D eigenvalue weighted by atomic mass is 9.97. The Bertz CT molecular complexity index is 1040. The summed E-state index contributed by atoms with van der Waals surface area (Å²) in [5, 5.41) is 9.65. The molecule has 0 radical (unpaired) electrons. The van der Waals surface area contributed by atoms with E-state index in [0.717, 1.165) is 39.4 Å². The zero-order chi connectivity index (χ0) is 18.6. The van der Waals surface area contributed by atoms with Crippen molar-refractivity contribution in [2.75, 3.05) is 7.11 Å². The summed E-state index contributed by atoms with van der Waals surface area (Å²) in [4.78, 5) is 4.95. The Hall–Kier alpha value is -3.59. The average Bonchev–Trinajstić information content (AvgIpc) is 2.75. The topological polar surface area (TPSA) is 42.4 Å². The van der Waals surface area contributed by atoms with Crippen molar-refractivity contribution in [3.63, 3.8) is 0 Å². The minimum Gasteiger partial charge on any atom is -0.508 e. The molecule has 0 saturated carbocycles. The van der Waals surface area contributed by atoms with Gasteiger partial charge in [0, 0.05) is 16.7 Å². The van der Waals surface area contributed by atoms with E-state index in [1.165, 1.54) is 0 Å². The summed E-state index contributed by atoms with van der Waals surface area (Å²) in [5.74, 6) is 1.06. The molecule has 1 N–H and O–H groups in total. The number of phenolic OH excluding ortho intramolecular Hbond substituents is 1. The predicted molar refractivity (Wildman–Crippen MR) is 109 cm³/mol. The Morgan fingerprint density at radius 2 is 1.33 bits per heavy atom. The first-order valence-corrected chi connectivity index (χ1v) is 8.75. The maximum absolute atomic E-state index is 9.65. The van der Waals surface area contributed by atoms with Crippen molar-refractivity contribution in [3.8, 4) is 45.1 Å². The van der Waals surface area contributed by atoms with Crippen LogP contribution in [0.4, 0.5) is 0 Å². The molecule has 132 valence electrons. The highest BCUT2D eigenvalue weighted by Crippen LogP contribution is 2.34. The summed E-state index contributed by atoms with van der Waals surface area (Å²) in [5.41, 5.74) is 5.90. The van der Waals surface area contributed by atoms with Crippen LogP contribution in [0.15, 0.2) is 91.0 Å². The monoisotopic (exact) mass is 353 g/mol. The zero-order valence-electron chi connectivity index (χ0n) is 15.0. The van der Waals surface area contributed by atoms with Gasteiger partial charge in [-0.2, -0.15) is 0 Å². The van der Waals surface area contributed by atoms with E-state index in [9.17, 15) is 5.11 Å². The largest absolute Gasteiger partial charge is 0.508 e. The van der Waals surface area contributed by atoms with Gasteiger partial charge in [0.15, 0.2) is 0 Å². The summed E-state index contributed by atoms with van der Waals surface area (Å²) in [7, 11) is 1.66. The fraction of sp³-hybridized carbons (Fsp3) is 0.0417. The van der Waals surface area contributed by atoms with Crippen molar-refractivity contribution < 1.29 is 9.84 Å². The lowest BCUT2D eigenvalue weighted by Crippen LogP contribution is -1.93. The third-order valence-corrected chi connectivity index (χ3v) is 4.51. The van der Waals surface area contributed by atoms with E-state index in [1.54, 1.807) is 19.2 Å². The van der Waals surface area contributed by atoms with Crippen molar-refractivity contribution in [1.29, 1.82) is 0 Å². The molecule has 27 heavy (non-hydrogen) atoms. The Morgan fingerprint density at radius 1 is 0.667 bits per heavy atom. The molecule has 4 aromatic rings. The maximum Gasteiger partial charge on any atom is 0.118 e. The van der Waals surface area contributed by atoms with Crippen molar-refractivity contribution in [1.82, 2.24) is 4.98 Å². The highest BCUT2D eigenvalue weighted by Gasteiger charge is 2.12. The van der Waals surface area contributed by atoms with Crippen LogP contribution in [-0.4, -0.2) is 17.2 Å². The van der Waals surface area contributed by atoms with Gasteiger partial charge < -0.3 is 9.84 Å². The second kappa shape index (κ2) is 7.34. The van der Waals surface area contributed by atoms with Gasteiger partial charge in [-0.25, -0.2) is 4.98 Å². The number of ether oxygens (including phenoxy) is 1. The van der Waals surface area contributed by atoms with Crippen molar-refractivity contribution in [2.24, 2.45) is 0 Å². The molecule has 0 amide bonds. The summed E-state index contributed by atoms with van der Waals surface area (Å²) < 4.78 is 5.27. The molecular formula is C24H19NO2. The number of benzene rings is 3. The van der Waals surface area contributed by atoms with Crippen LogP contribution in [0.3, 0.4) is 0 Å². The maximum atomic E-state index is 9.65. The molecule has 3 nitrogen and oxygen atoms in total. The summed E-state index contributed by atoms with van der Waals surface area (Å²) in [6.45, 7) is 0. The third-order valence-electron chi connectivity index (χ3n) is 4.51. The Morgan fingerprint density at radius 3 is 2.00 bits per heavy atom. The Kier molecular flexibility index (Phi) is 4.58. The van der Waals surface area contributed by atoms with Gasteiger partial charge in [0.05, 0.1) is 18.5 Å². The molecule has 0 saturated heterocycles. The van der Waals surface area contributed by atoms with Crippen LogP contribution >= 0.6 is 0 Å². The first-order valence-electron chi connectivity index (χ1n) is 8.75. The first kappa shape index (κ1) is 16.9. The highest BCUT2D eigenvalue weighted by atomic mass is 16.5. The molecule has 0 bridgehead atoms. The number of nitrogens with zero attached hydrogens (tertiary/aromatic N) is 1. The van der Waals surface area contributed by atoms with Gasteiger partial charge in [0.2, 0.25) is 0 Å².